The van der Waals surface area contributed by atoms with Gasteiger partial charge in [-0.3, -0.25) is 14.5 Å². The van der Waals surface area contributed by atoms with Gasteiger partial charge in [0.2, 0.25) is 5.91 Å². The standard InChI is InChI=1S/C22H26N4O3/c1-3-15(2)19(25-20(27)16-7-5-4-6-8-16)21(28)24-17-9-11-18(12-10-17)26-14-13-23-22(26)29/h4-12,15,19H,3,13-14H2,1-2H3,(H,23,29)(H,24,28)(H,25,27)/t15-,19-/m0/s1. The highest BCUT2D eigenvalue weighted by atomic mass is 16.2. The fourth-order valence-electron chi connectivity index (χ4n) is 3.18. The number of carbonyl (C=O) groups is 3. The number of rotatable bonds is 7. The lowest BCUT2D eigenvalue weighted by molar-refractivity contribution is -0.119. The third-order valence-corrected chi connectivity index (χ3v) is 5.12. The first-order chi connectivity index (χ1) is 14.0. The summed E-state index contributed by atoms with van der Waals surface area (Å²) in [5, 5.41) is 8.48. The van der Waals surface area contributed by atoms with Crippen LogP contribution in [0.2, 0.25) is 0 Å². The van der Waals surface area contributed by atoms with E-state index in [0.29, 0.717) is 24.3 Å². The number of urea groups is 1. The summed E-state index contributed by atoms with van der Waals surface area (Å²) >= 11 is 0. The van der Waals surface area contributed by atoms with Gasteiger partial charge in [-0.1, -0.05) is 38.5 Å². The van der Waals surface area contributed by atoms with Gasteiger partial charge in [-0.25, -0.2) is 4.79 Å². The number of amides is 4. The molecule has 3 rings (SSSR count). The van der Waals surface area contributed by atoms with Crippen LogP contribution in [-0.4, -0.2) is 37.0 Å². The molecule has 4 amide bonds. The van der Waals surface area contributed by atoms with Crippen molar-refractivity contribution in [2.45, 2.75) is 26.3 Å². The molecule has 1 saturated heterocycles. The first kappa shape index (κ1) is 20.4. The average Bonchev–Trinajstić information content (AvgIpc) is 3.18. The molecule has 0 unspecified atom stereocenters. The fourth-order valence-corrected chi connectivity index (χ4v) is 3.18. The van der Waals surface area contributed by atoms with Crippen molar-refractivity contribution in [3.05, 3.63) is 60.2 Å². The second-order valence-electron chi connectivity index (χ2n) is 7.12. The molecule has 3 N–H and O–H groups in total. The van der Waals surface area contributed by atoms with Gasteiger partial charge in [-0.2, -0.15) is 0 Å². The quantitative estimate of drug-likeness (QED) is 0.674. The largest absolute Gasteiger partial charge is 0.340 e. The number of hydrogen-bond acceptors (Lipinski definition) is 3. The van der Waals surface area contributed by atoms with Crippen molar-refractivity contribution in [1.29, 1.82) is 0 Å². The van der Waals surface area contributed by atoms with E-state index >= 15 is 0 Å². The zero-order chi connectivity index (χ0) is 20.8. The van der Waals surface area contributed by atoms with Crippen LogP contribution in [0.5, 0.6) is 0 Å². The molecule has 7 heteroatoms. The van der Waals surface area contributed by atoms with Gasteiger partial charge >= 0.3 is 6.03 Å². The predicted molar refractivity (Wildman–Crippen MR) is 113 cm³/mol. The Balaban J connectivity index is 1.68. The maximum atomic E-state index is 12.9. The summed E-state index contributed by atoms with van der Waals surface area (Å²) in [4.78, 5) is 38.8. The second-order valence-corrected chi connectivity index (χ2v) is 7.12. The summed E-state index contributed by atoms with van der Waals surface area (Å²) in [6.07, 6.45) is 0.746. The highest BCUT2D eigenvalue weighted by Crippen LogP contribution is 2.20. The maximum Gasteiger partial charge on any atom is 0.321 e. The van der Waals surface area contributed by atoms with Crippen molar-refractivity contribution in [3.63, 3.8) is 0 Å². The molecule has 1 heterocycles. The van der Waals surface area contributed by atoms with Crippen molar-refractivity contribution in [1.82, 2.24) is 10.6 Å². The molecule has 7 nitrogen and oxygen atoms in total. The molecule has 0 spiro atoms. The van der Waals surface area contributed by atoms with Crippen LogP contribution in [0, 0.1) is 5.92 Å². The van der Waals surface area contributed by atoms with E-state index in [1.807, 2.05) is 19.9 Å². The highest BCUT2D eigenvalue weighted by Gasteiger charge is 2.27. The minimum Gasteiger partial charge on any atom is -0.340 e. The first-order valence-electron chi connectivity index (χ1n) is 9.81. The van der Waals surface area contributed by atoms with Crippen LogP contribution in [-0.2, 0) is 4.79 Å². The lowest BCUT2D eigenvalue weighted by atomic mass is 9.97. The Kier molecular flexibility index (Phi) is 6.49. The number of carbonyl (C=O) groups excluding carboxylic acids is 3. The van der Waals surface area contributed by atoms with Crippen molar-refractivity contribution in [3.8, 4) is 0 Å². The molecule has 1 aliphatic heterocycles. The van der Waals surface area contributed by atoms with E-state index in [-0.39, 0.29) is 23.8 Å². The second kappa shape index (κ2) is 9.23. The Morgan fingerprint density at radius 3 is 2.38 bits per heavy atom. The third-order valence-electron chi connectivity index (χ3n) is 5.12. The van der Waals surface area contributed by atoms with Crippen LogP contribution in [0.4, 0.5) is 16.2 Å². The zero-order valence-electron chi connectivity index (χ0n) is 16.6. The van der Waals surface area contributed by atoms with E-state index < -0.39 is 6.04 Å². The number of nitrogens with zero attached hydrogens (tertiary/aromatic N) is 1. The lowest BCUT2D eigenvalue weighted by Gasteiger charge is -2.24. The van der Waals surface area contributed by atoms with Gasteiger partial charge < -0.3 is 16.0 Å². The van der Waals surface area contributed by atoms with E-state index in [1.165, 1.54) is 0 Å². The van der Waals surface area contributed by atoms with E-state index in [9.17, 15) is 14.4 Å². The fraction of sp³-hybridized carbons (Fsp3) is 0.318. The molecule has 29 heavy (non-hydrogen) atoms. The highest BCUT2D eigenvalue weighted by molar-refractivity contribution is 6.01. The Morgan fingerprint density at radius 2 is 1.79 bits per heavy atom. The number of benzene rings is 2. The van der Waals surface area contributed by atoms with Crippen molar-refractivity contribution >= 4 is 29.2 Å². The molecule has 2 aromatic carbocycles. The van der Waals surface area contributed by atoms with Crippen LogP contribution in [0.1, 0.15) is 30.6 Å². The molecule has 0 bridgehead atoms. The molecule has 0 saturated carbocycles. The van der Waals surface area contributed by atoms with Crippen LogP contribution < -0.4 is 20.9 Å². The Hall–Kier alpha value is -3.35. The number of hydrogen-bond donors (Lipinski definition) is 3. The Bertz CT molecular complexity index is 867. The monoisotopic (exact) mass is 394 g/mol. The zero-order valence-corrected chi connectivity index (χ0v) is 16.6. The summed E-state index contributed by atoms with van der Waals surface area (Å²) in [7, 11) is 0. The molecule has 0 aliphatic carbocycles. The van der Waals surface area contributed by atoms with Gasteiger partial charge in [0.15, 0.2) is 0 Å². The average molecular weight is 394 g/mol. The minimum atomic E-state index is -0.656. The third kappa shape index (κ3) is 4.93. The van der Waals surface area contributed by atoms with Gasteiger partial charge in [-0.05, 0) is 42.3 Å². The molecule has 0 radical (unpaired) electrons. The van der Waals surface area contributed by atoms with Crippen molar-refractivity contribution in [2.24, 2.45) is 5.92 Å². The van der Waals surface area contributed by atoms with E-state index in [4.69, 9.17) is 0 Å². The van der Waals surface area contributed by atoms with Gasteiger partial charge in [0.1, 0.15) is 6.04 Å². The van der Waals surface area contributed by atoms with Gasteiger partial charge in [-0.15, -0.1) is 0 Å². The van der Waals surface area contributed by atoms with Crippen LogP contribution in [0.15, 0.2) is 54.6 Å². The maximum absolute atomic E-state index is 12.9. The Labute approximate surface area is 170 Å². The molecule has 1 aliphatic rings. The molecular weight excluding hydrogens is 368 g/mol. The topological polar surface area (TPSA) is 90.5 Å². The first-order valence-corrected chi connectivity index (χ1v) is 9.81. The van der Waals surface area contributed by atoms with Crippen LogP contribution in [0.25, 0.3) is 0 Å². The van der Waals surface area contributed by atoms with Crippen LogP contribution in [0.3, 0.4) is 0 Å². The summed E-state index contributed by atoms with van der Waals surface area (Å²) < 4.78 is 0. The van der Waals surface area contributed by atoms with E-state index in [1.54, 1.807) is 53.4 Å². The van der Waals surface area contributed by atoms with Gasteiger partial charge in [0.05, 0.1) is 0 Å². The summed E-state index contributed by atoms with van der Waals surface area (Å²) in [6, 6.07) is 15.2. The summed E-state index contributed by atoms with van der Waals surface area (Å²) in [5.74, 6) is -0.577. The number of anilines is 2. The molecule has 1 fully saturated rings. The molecule has 152 valence electrons. The van der Waals surface area contributed by atoms with Crippen molar-refractivity contribution < 1.29 is 14.4 Å². The van der Waals surface area contributed by atoms with Crippen molar-refractivity contribution in [2.75, 3.05) is 23.3 Å². The minimum absolute atomic E-state index is 0.0322. The van der Waals surface area contributed by atoms with Gasteiger partial charge in [0, 0.05) is 30.0 Å². The van der Waals surface area contributed by atoms with Gasteiger partial charge in [0.25, 0.3) is 5.91 Å². The predicted octanol–water partition coefficient (Wildman–Crippen LogP) is 3.00. The molecule has 0 aromatic heterocycles. The SMILES string of the molecule is CC[C@H](C)[C@H](NC(=O)c1ccccc1)C(=O)Nc1ccc(N2CCNC2=O)cc1. The number of nitrogens with one attached hydrogen (secondary N) is 3. The summed E-state index contributed by atoms with van der Waals surface area (Å²) in [5.41, 5.74) is 1.90. The lowest BCUT2D eigenvalue weighted by Crippen LogP contribution is -2.47. The molecule has 2 aromatic rings. The molecular formula is C22H26N4O3. The van der Waals surface area contributed by atoms with Crippen LogP contribution >= 0.6 is 0 Å². The smallest absolute Gasteiger partial charge is 0.321 e. The summed E-state index contributed by atoms with van der Waals surface area (Å²) in [6.45, 7) is 5.15. The van der Waals surface area contributed by atoms with E-state index in [0.717, 1.165) is 12.1 Å². The normalized spacial score (nSPS) is 15.4. The van der Waals surface area contributed by atoms with E-state index in [2.05, 4.69) is 16.0 Å². The molecule has 2 atom stereocenters. The Morgan fingerprint density at radius 1 is 1.10 bits per heavy atom.